The minimum Gasteiger partial charge on any atom is -0.508 e. The second-order valence-corrected chi connectivity index (χ2v) is 7.21. The molecule has 3 N–H and O–H groups in total. The fraction of sp³-hybridized carbons (Fsp3) is 0.333. The molecule has 2 atom stereocenters. The van der Waals surface area contributed by atoms with E-state index in [2.05, 4.69) is 4.74 Å². The quantitative estimate of drug-likeness (QED) is 0.651. The van der Waals surface area contributed by atoms with Crippen LogP contribution in [0.3, 0.4) is 0 Å². The van der Waals surface area contributed by atoms with Gasteiger partial charge in [0.2, 0.25) is 5.91 Å². The Bertz CT molecular complexity index is 981. The van der Waals surface area contributed by atoms with Crippen molar-refractivity contribution in [3.05, 3.63) is 53.6 Å². The maximum Gasteiger partial charge on any atom is 0.573 e. The van der Waals surface area contributed by atoms with Crippen molar-refractivity contribution in [3.8, 4) is 17.2 Å². The number of rotatable bonds is 6. The molecule has 0 radical (unpaired) electrons. The summed E-state index contributed by atoms with van der Waals surface area (Å²) in [6, 6.07) is 8.53. The number of likely N-dealkylation sites (tertiary alicyclic amines) is 1. The van der Waals surface area contributed by atoms with E-state index in [1.54, 1.807) is 0 Å². The molecule has 0 unspecified atom stereocenters. The van der Waals surface area contributed by atoms with E-state index < -0.39 is 36.2 Å². The van der Waals surface area contributed by atoms with Crippen molar-refractivity contribution in [3.63, 3.8) is 0 Å². The van der Waals surface area contributed by atoms with Gasteiger partial charge in [0.05, 0.1) is 18.5 Å². The van der Waals surface area contributed by atoms with E-state index in [-0.39, 0.29) is 43.0 Å². The number of amides is 2. The van der Waals surface area contributed by atoms with Crippen LogP contribution in [0.2, 0.25) is 0 Å². The average molecular weight is 456 g/mol. The van der Waals surface area contributed by atoms with Gasteiger partial charge in [0, 0.05) is 19.0 Å². The average Bonchev–Trinajstić information content (AvgIpc) is 2.69. The number of primary amides is 1. The third-order valence-electron chi connectivity index (χ3n) is 4.86. The molecule has 11 heteroatoms. The number of phenolic OH excluding ortho intramolecular Hbond substituents is 1. The normalized spacial score (nSPS) is 18.8. The minimum atomic E-state index is -4.81. The number of carbonyl (C=O) groups is 2. The molecule has 2 aromatic rings. The Hall–Kier alpha value is -3.50. The van der Waals surface area contributed by atoms with Gasteiger partial charge in [0.25, 0.3) is 5.91 Å². The van der Waals surface area contributed by atoms with Gasteiger partial charge in [-0.2, -0.15) is 0 Å². The molecule has 1 aliphatic rings. The monoisotopic (exact) mass is 456 g/mol. The predicted octanol–water partition coefficient (Wildman–Crippen LogP) is 2.95. The second-order valence-electron chi connectivity index (χ2n) is 7.21. The first-order valence-corrected chi connectivity index (χ1v) is 9.58. The number of phenols is 1. The molecule has 2 aromatic carbocycles. The van der Waals surface area contributed by atoms with Gasteiger partial charge in [0.1, 0.15) is 23.4 Å². The summed E-state index contributed by atoms with van der Waals surface area (Å²) >= 11 is 0. The van der Waals surface area contributed by atoms with E-state index in [0.717, 1.165) is 18.2 Å². The predicted molar refractivity (Wildman–Crippen MR) is 104 cm³/mol. The molecule has 1 aliphatic heterocycles. The number of alkyl halides is 4. The highest BCUT2D eigenvalue weighted by atomic mass is 19.4. The van der Waals surface area contributed by atoms with Gasteiger partial charge in [-0.15, -0.1) is 13.2 Å². The largest absolute Gasteiger partial charge is 0.573 e. The number of benzene rings is 2. The van der Waals surface area contributed by atoms with Crippen LogP contribution in [0.25, 0.3) is 0 Å². The molecular weight excluding hydrogens is 436 g/mol. The zero-order chi connectivity index (χ0) is 23.5. The minimum absolute atomic E-state index is 0.00791. The highest BCUT2D eigenvalue weighted by molar-refractivity contribution is 5.95. The molecule has 172 valence electrons. The van der Waals surface area contributed by atoms with E-state index in [1.807, 2.05) is 0 Å². The Morgan fingerprint density at radius 3 is 2.44 bits per heavy atom. The van der Waals surface area contributed by atoms with Crippen molar-refractivity contribution < 1.29 is 41.7 Å². The molecule has 0 aromatic heterocycles. The molecule has 1 saturated heterocycles. The van der Waals surface area contributed by atoms with Crippen LogP contribution in [-0.2, 0) is 11.2 Å². The van der Waals surface area contributed by atoms with Gasteiger partial charge in [-0.05, 0) is 29.8 Å². The van der Waals surface area contributed by atoms with E-state index in [0.29, 0.717) is 5.56 Å². The lowest BCUT2D eigenvalue weighted by Gasteiger charge is -2.35. The fourth-order valence-corrected chi connectivity index (χ4v) is 3.31. The molecule has 0 spiro atoms. The Morgan fingerprint density at radius 2 is 1.84 bits per heavy atom. The number of halogens is 4. The third-order valence-corrected chi connectivity index (χ3v) is 4.86. The second kappa shape index (κ2) is 9.33. The Balaban J connectivity index is 1.58. The number of piperidine rings is 1. The summed E-state index contributed by atoms with van der Waals surface area (Å²) in [5.74, 6) is -1.83. The van der Waals surface area contributed by atoms with Crippen molar-refractivity contribution in [1.29, 1.82) is 0 Å². The Labute approximate surface area is 180 Å². The maximum absolute atomic E-state index is 14.7. The lowest BCUT2D eigenvalue weighted by Crippen LogP contribution is -2.49. The Kier molecular flexibility index (Phi) is 6.75. The van der Waals surface area contributed by atoms with Crippen LogP contribution < -0.4 is 15.2 Å². The topological polar surface area (TPSA) is 102 Å². The molecule has 32 heavy (non-hydrogen) atoms. The van der Waals surface area contributed by atoms with E-state index in [9.17, 15) is 32.3 Å². The van der Waals surface area contributed by atoms with Crippen LogP contribution in [-0.4, -0.2) is 53.5 Å². The molecule has 1 fully saturated rings. The SMILES string of the molecule is NC(=O)c1ccc(O)cc1O[C@H]1CCN(C(=O)Cc2ccc(OC(F)(F)F)cc2)C[C@H]1F. The number of nitrogens with two attached hydrogens (primary N) is 1. The summed E-state index contributed by atoms with van der Waals surface area (Å²) in [4.78, 5) is 25.3. The lowest BCUT2D eigenvalue weighted by atomic mass is 10.0. The third kappa shape index (κ3) is 6.02. The van der Waals surface area contributed by atoms with Crippen LogP contribution in [0, 0.1) is 0 Å². The van der Waals surface area contributed by atoms with Crippen LogP contribution in [0.4, 0.5) is 17.6 Å². The molecule has 2 amide bonds. The zero-order valence-electron chi connectivity index (χ0n) is 16.6. The Morgan fingerprint density at radius 1 is 1.16 bits per heavy atom. The summed E-state index contributed by atoms with van der Waals surface area (Å²) < 4.78 is 60.7. The summed E-state index contributed by atoms with van der Waals surface area (Å²) in [7, 11) is 0. The number of ether oxygens (including phenoxy) is 2. The van der Waals surface area contributed by atoms with Crippen LogP contribution in [0.1, 0.15) is 22.3 Å². The van der Waals surface area contributed by atoms with E-state index in [1.165, 1.54) is 29.2 Å². The lowest BCUT2D eigenvalue weighted by molar-refractivity contribution is -0.274. The van der Waals surface area contributed by atoms with Crippen molar-refractivity contribution in [2.75, 3.05) is 13.1 Å². The molecule has 0 bridgehead atoms. The molecule has 1 heterocycles. The summed E-state index contributed by atoms with van der Waals surface area (Å²) in [6.45, 7) is -0.0899. The van der Waals surface area contributed by atoms with Crippen LogP contribution in [0.15, 0.2) is 42.5 Å². The highest BCUT2D eigenvalue weighted by Gasteiger charge is 2.34. The molecule has 7 nitrogen and oxygen atoms in total. The molecule has 0 aliphatic carbocycles. The highest BCUT2D eigenvalue weighted by Crippen LogP contribution is 2.28. The molecule has 3 rings (SSSR count). The number of carbonyl (C=O) groups excluding carboxylic acids is 2. The number of hydrogen-bond donors (Lipinski definition) is 2. The number of nitrogens with zero attached hydrogens (tertiary/aromatic N) is 1. The molecular formula is C21H20F4N2O5. The van der Waals surface area contributed by atoms with Crippen molar-refractivity contribution in [2.24, 2.45) is 5.73 Å². The first kappa shape index (κ1) is 23.2. The van der Waals surface area contributed by atoms with Gasteiger partial charge in [-0.1, -0.05) is 12.1 Å². The van der Waals surface area contributed by atoms with Crippen molar-refractivity contribution in [2.45, 2.75) is 31.5 Å². The van der Waals surface area contributed by atoms with Gasteiger partial charge in [-0.3, -0.25) is 9.59 Å². The van der Waals surface area contributed by atoms with Crippen molar-refractivity contribution >= 4 is 11.8 Å². The number of aromatic hydroxyl groups is 1. The van der Waals surface area contributed by atoms with E-state index >= 15 is 0 Å². The summed E-state index contributed by atoms with van der Waals surface area (Å²) in [5.41, 5.74) is 5.71. The van der Waals surface area contributed by atoms with Gasteiger partial charge >= 0.3 is 6.36 Å². The fourth-order valence-electron chi connectivity index (χ4n) is 3.31. The smallest absolute Gasteiger partial charge is 0.508 e. The maximum atomic E-state index is 14.7. The van der Waals surface area contributed by atoms with Crippen LogP contribution >= 0.6 is 0 Å². The number of hydrogen-bond acceptors (Lipinski definition) is 5. The first-order valence-electron chi connectivity index (χ1n) is 9.58. The summed E-state index contributed by atoms with van der Waals surface area (Å²) in [5, 5.41) is 9.60. The standard InChI is InChI=1S/C21H20F4N2O5/c22-16-11-27(19(29)9-12-1-4-14(5-2-12)32-21(23,24)25)8-7-17(16)31-18-10-13(28)3-6-15(18)20(26)30/h1-6,10,16-17,28H,7-9,11H2,(H2,26,30)/t16-,17+/m1/s1. The zero-order valence-corrected chi connectivity index (χ0v) is 16.6. The van der Waals surface area contributed by atoms with E-state index in [4.69, 9.17) is 10.5 Å². The summed E-state index contributed by atoms with van der Waals surface area (Å²) in [6.07, 6.45) is -7.34. The first-order chi connectivity index (χ1) is 15.0. The molecule has 0 saturated carbocycles. The van der Waals surface area contributed by atoms with Gasteiger partial charge in [-0.25, -0.2) is 4.39 Å². The van der Waals surface area contributed by atoms with Crippen LogP contribution in [0.5, 0.6) is 17.2 Å². The van der Waals surface area contributed by atoms with Gasteiger partial charge < -0.3 is 25.2 Å². The van der Waals surface area contributed by atoms with Gasteiger partial charge in [0.15, 0.2) is 6.17 Å². The van der Waals surface area contributed by atoms with Crippen molar-refractivity contribution in [1.82, 2.24) is 4.90 Å².